The fourth-order valence-corrected chi connectivity index (χ4v) is 5.23. The lowest BCUT2D eigenvalue weighted by Gasteiger charge is -2.35. The largest absolute Gasteiger partial charge is 0.465 e. The number of nitrogens with zero attached hydrogens (tertiary/aromatic N) is 3. The molecule has 2 aromatic carbocycles. The van der Waals surface area contributed by atoms with Crippen molar-refractivity contribution in [3.63, 3.8) is 0 Å². The maximum atomic E-state index is 13.2. The number of carbonyl (C=O) groups is 1. The minimum absolute atomic E-state index is 0.0212. The van der Waals surface area contributed by atoms with E-state index in [9.17, 15) is 13.2 Å². The summed E-state index contributed by atoms with van der Waals surface area (Å²) in [6, 6.07) is 14.2. The molecule has 0 saturated carbocycles. The molecule has 7 nitrogen and oxygen atoms in total. The average Bonchev–Trinajstić information content (AvgIpc) is 2.78. The normalized spacial score (nSPS) is 15.4. The van der Waals surface area contributed by atoms with Crippen LogP contribution in [-0.4, -0.2) is 57.0 Å². The molecule has 1 aromatic heterocycles. The highest BCUT2D eigenvalue weighted by Crippen LogP contribution is 2.28. The third-order valence-corrected chi connectivity index (χ3v) is 7.09. The van der Waals surface area contributed by atoms with E-state index in [2.05, 4.69) is 9.88 Å². The van der Waals surface area contributed by atoms with E-state index in [0.717, 1.165) is 16.5 Å². The van der Waals surface area contributed by atoms with E-state index in [1.165, 1.54) is 23.5 Å². The van der Waals surface area contributed by atoms with Gasteiger partial charge in [-0.2, -0.15) is 4.31 Å². The molecule has 0 radical (unpaired) electrons. The molecular weight excluding hydrogens is 390 g/mol. The van der Waals surface area contributed by atoms with Gasteiger partial charge in [-0.25, -0.2) is 13.2 Å². The summed E-state index contributed by atoms with van der Waals surface area (Å²) in [5.41, 5.74) is 1.05. The second-order valence-electron chi connectivity index (χ2n) is 6.76. The number of pyridine rings is 1. The summed E-state index contributed by atoms with van der Waals surface area (Å²) in [6.45, 7) is 1.72. The number of methoxy groups -OCH3 is 1. The minimum Gasteiger partial charge on any atom is -0.465 e. The molecule has 4 rings (SSSR count). The van der Waals surface area contributed by atoms with Gasteiger partial charge in [0.2, 0.25) is 10.0 Å². The lowest BCUT2D eigenvalue weighted by atomic mass is 10.1. The number of piperazine rings is 1. The maximum absolute atomic E-state index is 13.2. The van der Waals surface area contributed by atoms with Gasteiger partial charge in [0.25, 0.3) is 0 Å². The maximum Gasteiger partial charge on any atom is 0.339 e. The first kappa shape index (κ1) is 19.4. The van der Waals surface area contributed by atoms with Gasteiger partial charge in [-0.1, -0.05) is 36.4 Å². The van der Waals surface area contributed by atoms with Gasteiger partial charge in [0, 0.05) is 43.1 Å². The Kier molecular flexibility index (Phi) is 5.21. The molecule has 0 amide bonds. The number of fused-ring (bicyclic) bond motifs is 1. The van der Waals surface area contributed by atoms with Crippen LogP contribution < -0.4 is 4.90 Å². The number of hydrogen-bond acceptors (Lipinski definition) is 6. The van der Waals surface area contributed by atoms with Crippen LogP contribution >= 0.6 is 0 Å². The summed E-state index contributed by atoms with van der Waals surface area (Å²) in [4.78, 5) is 18.4. The Bertz CT molecular complexity index is 1150. The molecule has 1 aliphatic heterocycles. The average molecular weight is 411 g/mol. The van der Waals surface area contributed by atoms with Gasteiger partial charge in [-0.15, -0.1) is 0 Å². The number of ether oxygens (including phenoxy) is 1. The van der Waals surface area contributed by atoms with Gasteiger partial charge in [-0.05, 0) is 12.1 Å². The highest BCUT2D eigenvalue weighted by atomic mass is 32.2. The first-order chi connectivity index (χ1) is 14.0. The van der Waals surface area contributed by atoms with Crippen LogP contribution in [-0.2, 0) is 14.8 Å². The summed E-state index contributed by atoms with van der Waals surface area (Å²) in [6.07, 6.45) is 3.64. The summed E-state index contributed by atoms with van der Waals surface area (Å²) >= 11 is 0. The van der Waals surface area contributed by atoms with Crippen LogP contribution in [0.2, 0.25) is 0 Å². The first-order valence-corrected chi connectivity index (χ1v) is 10.7. The molecule has 2 heterocycles. The number of hydrogen-bond donors (Lipinski definition) is 0. The van der Waals surface area contributed by atoms with E-state index >= 15 is 0 Å². The molecule has 0 N–H and O–H groups in total. The van der Waals surface area contributed by atoms with Gasteiger partial charge in [0.05, 0.1) is 29.5 Å². The van der Waals surface area contributed by atoms with Gasteiger partial charge in [0.15, 0.2) is 0 Å². The number of benzene rings is 2. The minimum atomic E-state index is -3.81. The Labute approximate surface area is 169 Å². The Hall–Kier alpha value is -2.97. The fraction of sp³-hybridized carbons (Fsp3) is 0.238. The van der Waals surface area contributed by atoms with E-state index in [-0.39, 0.29) is 10.5 Å². The zero-order valence-corrected chi connectivity index (χ0v) is 16.8. The quantitative estimate of drug-likeness (QED) is 0.614. The van der Waals surface area contributed by atoms with Crippen LogP contribution in [0.25, 0.3) is 10.8 Å². The van der Waals surface area contributed by atoms with Gasteiger partial charge in [0.1, 0.15) is 0 Å². The smallest absolute Gasteiger partial charge is 0.339 e. The van der Waals surface area contributed by atoms with Gasteiger partial charge >= 0.3 is 5.97 Å². The molecular formula is C21H21N3O4S. The van der Waals surface area contributed by atoms with Crippen molar-refractivity contribution >= 4 is 32.5 Å². The second kappa shape index (κ2) is 7.81. The molecule has 0 bridgehead atoms. The van der Waals surface area contributed by atoms with Crippen molar-refractivity contribution in [3.05, 3.63) is 66.5 Å². The van der Waals surface area contributed by atoms with Crippen LogP contribution in [0.1, 0.15) is 10.4 Å². The second-order valence-corrected chi connectivity index (χ2v) is 8.66. The number of carbonyl (C=O) groups excluding carboxylic acids is 1. The Morgan fingerprint density at radius 1 is 0.966 bits per heavy atom. The number of esters is 1. The SMILES string of the molecule is COC(=O)c1ccccc1S(=O)(=O)N1CCN(c2cncc3ccccc23)CC1. The van der Waals surface area contributed by atoms with Gasteiger partial charge < -0.3 is 9.64 Å². The van der Waals surface area contributed by atoms with Crippen LogP contribution in [0.5, 0.6) is 0 Å². The Morgan fingerprint density at radius 2 is 1.66 bits per heavy atom. The van der Waals surface area contributed by atoms with E-state index < -0.39 is 16.0 Å². The van der Waals surface area contributed by atoms with Crippen LogP contribution in [0, 0.1) is 0 Å². The third kappa shape index (κ3) is 3.56. The summed E-state index contributed by atoms with van der Waals surface area (Å²) < 4.78 is 32.5. The number of aromatic nitrogens is 1. The Morgan fingerprint density at radius 3 is 2.41 bits per heavy atom. The molecule has 1 aliphatic rings. The highest BCUT2D eigenvalue weighted by molar-refractivity contribution is 7.89. The predicted molar refractivity (Wildman–Crippen MR) is 110 cm³/mol. The molecule has 8 heteroatoms. The molecule has 3 aromatic rings. The highest BCUT2D eigenvalue weighted by Gasteiger charge is 2.32. The number of anilines is 1. The van der Waals surface area contributed by atoms with Crippen molar-refractivity contribution in [2.45, 2.75) is 4.90 Å². The standard InChI is InChI=1S/C21H21N3O4S/c1-28-21(25)18-8-4-5-9-20(18)29(26,27)24-12-10-23(11-13-24)19-15-22-14-16-6-2-3-7-17(16)19/h2-9,14-15H,10-13H2,1H3. The van der Waals surface area contributed by atoms with Crippen LogP contribution in [0.3, 0.4) is 0 Å². The van der Waals surface area contributed by atoms with Crippen LogP contribution in [0.15, 0.2) is 65.8 Å². The third-order valence-electron chi connectivity index (χ3n) is 5.14. The molecule has 1 saturated heterocycles. The molecule has 150 valence electrons. The molecule has 0 spiro atoms. The van der Waals surface area contributed by atoms with E-state index in [1.807, 2.05) is 36.7 Å². The molecule has 0 unspecified atom stereocenters. The molecule has 0 aliphatic carbocycles. The summed E-state index contributed by atoms with van der Waals surface area (Å²) in [5, 5.41) is 2.14. The van der Waals surface area contributed by atoms with E-state index in [1.54, 1.807) is 12.1 Å². The molecule has 1 fully saturated rings. The van der Waals surface area contributed by atoms with Crippen molar-refractivity contribution in [2.75, 3.05) is 38.2 Å². The first-order valence-electron chi connectivity index (χ1n) is 9.27. The number of sulfonamides is 1. The topological polar surface area (TPSA) is 79.8 Å². The van der Waals surface area contributed by atoms with Crippen molar-refractivity contribution in [1.29, 1.82) is 0 Å². The summed E-state index contributed by atoms with van der Waals surface area (Å²) in [5.74, 6) is -0.662. The molecule has 0 atom stereocenters. The summed E-state index contributed by atoms with van der Waals surface area (Å²) in [7, 11) is -2.57. The fourth-order valence-electron chi connectivity index (χ4n) is 3.63. The van der Waals surface area contributed by atoms with E-state index in [0.29, 0.717) is 26.2 Å². The van der Waals surface area contributed by atoms with Crippen molar-refractivity contribution < 1.29 is 17.9 Å². The zero-order chi connectivity index (χ0) is 20.4. The number of rotatable bonds is 4. The zero-order valence-electron chi connectivity index (χ0n) is 16.0. The lowest BCUT2D eigenvalue weighted by molar-refractivity contribution is 0.0596. The van der Waals surface area contributed by atoms with E-state index in [4.69, 9.17) is 4.74 Å². The van der Waals surface area contributed by atoms with Crippen molar-refractivity contribution in [2.24, 2.45) is 0 Å². The van der Waals surface area contributed by atoms with Crippen LogP contribution in [0.4, 0.5) is 5.69 Å². The molecule has 29 heavy (non-hydrogen) atoms. The monoisotopic (exact) mass is 411 g/mol. The van der Waals surface area contributed by atoms with Crippen molar-refractivity contribution in [1.82, 2.24) is 9.29 Å². The lowest BCUT2D eigenvalue weighted by Crippen LogP contribution is -2.49. The predicted octanol–water partition coefficient (Wildman–Crippen LogP) is 2.53. The van der Waals surface area contributed by atoms with Crippen molar-refractivity contribution in [3.8, 4) is 0 Å². The van der Waals surface area contributed by atoms with Gasteiger partial charge in [-0.3, -0.25) is 4.98 Å². The Balaban J connectivity index is 1.58.